The van der Waals surface area contributed by atoms with Crippen LogP contribution in [0.2, 0.25) is 0 Å². The van der Waals surface area contributed by atoms with Gasteiger partial charge in [-0.2, -0.15) is 5.26 Å². The fourth-order valence-electron chi connectivity index (χ4n) is 5.41. The average molecular weight is 567 g/mol. The number of nitrogens with one attached hydrogen (secondary N) is 1. The molecule has 10 heteroatoms. The number of β-amino-alcohol motifs (C(OH)–C–C–N with tert-alkyl or cyclic N) is 1. The number of fused-ring (bicyclic) bond motifs is 1. The first-order chi connectivity index (χ1) is 18.7. The van der Waals surface area contributed by atoms with Crippen molar-refractivity contribution in [1.82, 2.24) is 14.6 Å². The Labute approximate surface area is 234 Å². The van der Waals surface area contributed by atoms with E-state index in [0.29, 0.717) is 30.8 Å². The molecule has 0 spiro atoms. The van der Waals surface area contributed by atoms with Gasteiger partial charge in [0.2, 0.25) is 10.0 Å². The zero-order valence-corrected chi connectivity index (χ0v) is 23.9. The smallest absolute Gasteiger partial charge is 0.213 e. The Bertz CT molecular complexity index is 1480. The van der Waals surface area contributed by atoms with Crippen LogP contribution in [0.15, 0.2) is 42.6 Å². The predicted octanol–water partition coefficient (Wildman–Crippen LogP) is 4.50. The number of sulfonamides is 1. The molecular formula is C29H34N4O4S2. The van der Waals surface area contributed by atoms with Crippen molar-refractivity contribution in [3.8, 4) is 32.8 Å². The van der Waals surface area contributed by atoms with E-state index in [-0.39, 0.29) is 24.0 Å². The summed E-state index contributed by atoms with van der Waals surface area (Å²) in [4.78, 5) is 7.68. The third-order valence-corrected chi connectivity index (χ3v) is 9.67. The maximum Gasteiger partial charge on any atom is 0.213 e. The van der Waals surface area contributed by atoms with Crippen LogP contribution >= 0.6 is 11.3 Å². The number of likely N-dealkylation sites (tertiary alicyclic amines) is 1. The number of rotatable bonds is 9. The van der Waals surface area contributed by atoms with Gasteiger partial charge in [0.05, 0.1) is 28.4 Å². The van der Waals surface area contributed by atoms with E-state index in [1.54, 1.807) is 11.3 Å². The minimum absolute atomic E-state index is 0.0217. The Balaban J connectivity index is 1.31. The highest BCUT2D eigenvalue weighted by molar-refractivity contribution is 7.89. The normalized spacial score (nSPS) is 19.7. The van der Waals surface area contributed by atoms with Gasteiger partial charge in [-0.1, -0.05) is 18.2 Å². The lowest BCUT2D eigenvalue weighted by Crippen LogP contribution is -2.42. The lowest BCUT2D eigenvalue weighted by atomic mass is 10.0. The minimum atomic E-state index is -3.47. The van der Waals surface area contributed by atoms with E-state index in [1.165, 1.54) is 0 Å². The second-order valence-corrected chi connectivity index (χ2v) is 13.4. The summed E-state index contributed by atoms with van der Waals surface area (Å²) in [5.41, 5.74) is 4.57. The van der Waals surface area contributed by atoms with Gasteiger partial charge in [-0.05, 0) is 81.0 Å². The number of aliphatic hydroxyl groups is 1. The number of nitrogens with zero attached hydrogens (tertiary/aromatic N) is 3. The molecule has 2 aliphatic rings. The van der Waals surface area contributed by atoms with Crippen LogP contribution < -0.4 is 9.46 Å². The number of aromatic nitrogens is 1. The van der Waals surface area contributed by atoms with Crippen LogP contribution in [0.5, 0.6) is 5.75 Å². The number of piperidine rings is 1. The van der Waals surface area contributed by atoms with E-state index in [4.69, 9.17) is 4.74 Å². The van der Waals surface area contributed by atoms with Crippen molar-refractivity contribution in [2.24, 2.45) is 0 Å². The fourth-order valence-corrected chi connectivity index (χ4v) is 7.67. The molecule has 1 fully saturated rings. The highest BCUT2D eigenvalue weighted by Gasteiger charge is 2.29. The summed E-state index contributed by atoms with van der Waals surface area (Å²) >= 11 is 1.56. The molecule has 2 atom stereocenters. The van der Waals surface area contributed by atoms with Crippen molar-refractivity contribution in [2.45, 2.75) is 57.8 Å². The monoisotopic (exact) mass is 566 g/mol. The van der Waals surface area contributed by atoms with Gasteiger partial charge >= 0.3 is 0 Å². The van der Waals surface area contributed by atoms with Gasteiger partial charge < -0.3 is 9.84 Å². The van der Waals surface area contributed by atoms with E-state index in [1.807, 2.05) is 55.3 Å². The fraction of sp³-hybridized carbons (Fsp3) is 0.448. The second kappa shape index (κ2) is 11.7. The van der Waals surface area contributed by atoms with Gasteiger partial charge in [-0.3, -0.25) is 4.90 Å². The zero-order valence-electron chi connectivity index (χ0n) is 22.3. The Hall–Kier alpha value is -2.81. The summed E-state index contributed by atoms with van der Waals surface area (Å²) in [5, 5.41) is 20.3. The summed E-state index contributed by atoms with van der Waals surface area (Å²) in [6.07, 6.45) is 4.63. The minimum Gasteiger partial charge on any atom is -0.490 e. The molecule has 1 aliphatic heterocycles. The molecule has 0 radical (unpaired) electrons. The molecule has 39 heavy (non-hydrogen) atoms. The third-order valence-electron chi connectivity index (χ3n) is 7.23. The molecule has 0 unspecified atom stereocenters. The van der Waals surface area contributed by atoms with Crippen LogP contribution in [0, 0.1) is 11.3 Å². The number of hydrogen-bond donors (Lipinski definition) is 2. The van der Waals surface area contributed by atoms with Gasteiger partial charge in [0.1, 0.15) is 16.8 Å². The predicted molar refractivity (Wildman–Crippen MR) is 153 cm³/mol. The van der Waals surface area contributed by atoms with Crippen molar-refractivity contribution < 1.29 is 18.3 Å². The van der Waals surface area contributed by atoms with E-state index < -0.39 is 10.0 Å². The largest absolute Gasteiger partial charge is 0.490 e. The van der Waals surface area contributed by atoms with Crippen LogP contribution in [-0.4, -0.2) is 61.0 Å². The Morgan fingerprint density at radius 1 is 1.28 bits per heavy atom. The molecule has 0 amide bonds. The molecule has 0 bridgehead atoms. The molecule has 5 rings (SSSR count). The Morgan fingerprint density at radius 3 is 2.90 bits per heavy atom. The van der Waals surface area contributed by atoms with Crippen molar-refractivity contribution in [2.75, 3.05) is 25.4 Å². The number of benzene rings is 2. The van der Waals surface area contributed by atoms with Crippen LogP contribution in [-0.2, 0) is 16.4 Å². The summed E-state index contributed by atoms with van der Waals surface area (Å²) in [6.45, 7) is 5.64. The Kier molecular flexibility index (Phi) is 8.35. The number of ether oxygens (including phenoxy) is 1. The molecule has 2 aromatic carbocycles. The van der Waals surface area contributed by atoms with Gasteiger partial charge in [-0.25, -0.2) is 18.1 Å². The molecule has 1 aliphatic carbocycles. The van der Waals surface area contributed by atoms with Gasteiger partial charge in [0.25, 0.3) is 0 Å². The summed E-state index contributed by atoms with van der Waals surface area (Å²) in [6, 6.07) is 13.6. The van der Waals surface area contributed by atoms with E-state index >= 15 is 0 Å². The molecule has 3 aromatic rings. The second-order valence-electron chi connectivity index (χ2n) is 10.5. The molecular weight excluding hydrogens is 532 g/mol. The van der Waals surface area contributed by atoms with Crippen LogP contribution in [0.25, 0.3) is 21.0 Å². The number of thiazole rings is 1. The standard InChI is InChI=1S/C29H34N4O4S2/c1-19(2)37-27-11-8-20(15-21(27)16-30)29-31-17-28(38-29)25-7-3-6-24-23(25)9-10-26(24)32-39(35,36)14-13-33-12-4-5-22(34)18-33/h3,6-8,11,15,17,19,22,26,32,34H,4-5,9-10,12-14,18H2,1-2H3/t22-,26-/m0/s1. The lowest BCUT2D eigenvalue weighted by molar-refractivity contribution is 0.0740. The van der Waals surface area contributed by atoms with Crippen molar-refractivity contribution in [1.29, 1.82) is 5.26 Å². The van der Waals surface area contributed by atoms with Crippen LogP contribution in [0.4, 0.5) is 0 Å². The van der Waals surface area contributed by atoms with Gasteiger partial charge in [-0.15, -0.1) is 11.3 Å². The topological polar surface area (TPSA) is 116 Å². The first kappa shape index (κ1) is 27.7. The van der Waals surface area contributed by atoms with E-state index in [2.05, 4.69) is 21.8 Å². The molecule has 206 valence electrons. The number of aliphatic hydroxyl groups excluding tert-OH is 1. The van der Waals surface area contributed by atoms with E-state index in [9.17, 15) is 18.8 Å². The number of nitriles is 1. The maximum absolute atomic E-state index is 12.9. The quantitative estimate of drug-likeness (QED) is 0.392. The maximum atomic E-state index is 12.9. The molecule has 8 nitrogen and oxygen atoms in total. The molecule has 2 heterocycles. The Morgan fingerprint density at radius 2 is 2.13 bits per heavy atom. The average Bonchev–Trinajstić information content (AvgIpc) is 3.55. The third kappa shape index (κ3) is 6.51. The molecule has 2 N–H and O–H groups in total. The zero-order chi connectivity index (χ0) is 27.6. The van der Waals surface area contributed by atoms with Gasteiger partial charge in [0.15, 0.2) is 0 Å². The molecule has 1 saturated heterocycles. The SMILES string of the molecule is CC(C)Oc1ccc(-c2ncc(-c3cccc4c3CC[C@@H]4NS(=O)(=O)CCN3CCC[C@H](O)C3)s2)cc1C#N. The van der Waals surface area contributed by atoms with Crippen LogP contribution in [0.1, 0.15) is 55.8 Å². The number of hydrogen-bond acceptors (Lipinski definition) is 8. The van der Waals surface area contributed by atoms with Gasteiger partial charge in [0, 0.05) is 30.9 Å². The van der Waals surface area contributed by atoms with Crippen molar-refractivity contribution in [3.05, 3.63) is 59.3 Å². The van der Waals surface area contributed by atoms with Crippen molar-refractivity contribution in [3.63, 3.8) is 0 Å². The first-order valence-electron chi connectivity index (χ1n) is 13.4. The summed E-state index contributed by atoms with van der Waals surface area (Å²) in [5.74, 6) is 0.589. The van der Waals surface area contributed by atoms with E-state index in [0.717, 1.165) is 57.9 Å². The highest BCUT2D eigenvalue weighted by atomic mass is 32.2. The van der Waals surface area contributed by atoms with Crippen LogP contribution in [0.3, 0.4) is 0 Å². The lowest BCUT2D eigenvalue weighted by Gasteiger charge is -2.29. The highest BCUT2D eigenvalue weighted by Crippen LogP contribution is 2.41. The molecule has 1 aromatic heterocycles. The molecule has 0 saturated carbocycles. The first-order valence-corrected chi connectivity index (χ1v) is 15.9. The summed E-state index contributed by atoms with van der Waals surface area (Å²) < 4.78 is 34.5. The van der Waals surface area contributed by atoms with Crippen molar-refractivity contribution >= 4 is 21.4 Å². The summed E-state index contributed by atoms with van der Waals surface area (Å²) in [7, 11) is -3.47.